The molecule has 0 radical (unpaired) electrons. The largest absolute Gasteiger partial charge is 0.416 e. The van der Waals surface area contributed by atoms with Gasteiger partial charge in [-0.15, -0.1) is 0 Å². The second kappa shape index (κ2) is 8.17. The van der Waals surface area contributed by atoms with Gasteiger partial charge in [0.2, 0.25) is 0 Å². The predicted octanol–water partition coefficient (Wildman–Crippen LogP) is 2.98. The van der Waals surface area contributed by atoms with Crippen LogP contribution in [-0.4, -0.2) is 56.6 Å². The number of hydrogen-bond acceptors (Lipinski definition) is 6. The average Bonchev–Trinajstić information content (AvgIpc) is 2.71. The van der Waals surface area contributed by atoms with Crippen molar-refractivity contribution in [2.24, 2.45) is 0 Å². The van der Waals surface area contributed by atoms with E-state index in [1.807, 2.05) is 0 Å². The number of benzene rings is 2. The minimum absolute atomic E-state index is 0.0355. The molecule has 0 aromatic heterocycles. The van der Waals surface area contributed by atoms with Gasteiger partial charge in [-0.25, -0.2) is 8.42 Å². The number of alkyl halides is 3. The Morgan fingerprint density at radius 1 is 1.06 bits per heavy atom. The molecule has 31 heavy (non-hydrogen) atoms. The normalized spacial score (nSPS) is 15.1. The zero-order chi connectivity index (χ0) is 23.0. The van der Waals surface area contributed by atoms with Crippen LogP contribution in [0.3, 0.4) is 0 Å². The minimum atomic E-state index is -4.46. The molecule has 12 heteroatoms. The molecule has 0 aliphatic carbocycles. The Balaban J connectivity index is 1.75. The fraction of sp³-hybridized carbons (Fsp3) is 0.316. The Kier molecular flexibility index (Phi) is 5.94. The molecule has 3 rings (SSSR count). The molecule has 1 aliphatic rings. The van der Waals surface area contributed by atoms with Gasteiger partial charge in [-0.05, 0) is 30.3 Å². The Labute approximate surface area is 175 Å². The van der Waals surface area contributed by atoms with Gasteiger partial charge in [0, 0.05) is 49.8 Å². The van der Waals surface area contributed by atoms with Crippen molar-refractivity contribution in [1.29, 1.82) is 0 Å². The van der Waals surface area contributed by atoms with Crippen LogP contribution in [0, 0.1) is 10.1 Å². The number of hydrogen-bond donors (Lipinski definition) is 0. The fourth-order valence-electron chi connectivity index (χ4n) is 3.34. The van der Waals surface area contributed by atoms with Gasteiger partial charge in [0.1, 0.15) is 4.90 Å². The number of nitrogens with zero attached hydrogens (tertiary/aromatic N) is 3. The molecule has 1 saturated heterocycles. The molecule has 8 nitrogen and oxygen atoms in total. The van der Waals surface area contributed by atoms with Crippen LogP contribution in [0.1, 0.15) is 15.9 Å². The van der Waals surface area contributed by atoms with Crippen molar-refractivity contribution in [1.82, 2.24) is 4.90 Å². The van der Waals surface area contributed by atoms with Crippen molar-refractivity contribution in [2.45, 2.75) is 11.1 Å². The maximum atomic E-state index is 12.9. The van der Waals surface area contributed by atoms with Gasteiger partial charge in [-0.2, -0.15) is 13.2 Å². The average molecular weight is 457 g/mol. The summed E-state index contributed by atoms with van der Waals surface area (Å²) in [5.74, 6) is -0.521. The summed E-state index contributed by atoms with van der Waals surface area (Å²) in [5, 5.41) is 11.2. The maximum absolute atomic E-state index is 12.9. The molecule has 0 spiro atoms. The first-order valence-electron chi connectivity index (χ1n) is 9.08. The predicted molar refractivity (Wildman–Crippen MR) is 106 cm³/mol. The molecule has 1 heterocycles. The molecule has 166 valence electrons. The highest BCUT2D eigenvalue weighted by atomic mass is 32.2. The van der Waals surface area contributed by atoms with E-state index in [0.717, 1.165) is 30.5 Å². The molecule has 0 atom stereocenters. The number of nitro groups is 1. The van der Waals surface area contributed by atoms with Crippen molar-refractivity contribution < 1.29 is 31.3 Å². The molecule has 0 bridgehead atoms. The van der Waals surface area contributed by atoms with Gasteiger partial charge in [0.05, 0.1) is 10.5 Å². The number of nitro benzene ring substituents is 1. The third kappa shape index (κ3) is 4.95. The van der Waals surface area contributed by atoms with Crippen molar-refractivity contribution in [3.63, 3.8) is 0 Å². The lowest BCUT2D eigenvalue weighted by Crippen LogP contribution is -2.48. The highest BCUT2D eigenvalue weighted by Crippen LogP contribution is 2.32. The molecule has 0 N–H and O–H groups in total. The number of piperazine rings is 1. The monoisotopic (exact) mass is 457 g/mol. The summed E-state index contributed by atoms with van der Waals surface area (Å²) in [6, 6.07) is 8.07. The molecule has 2 aromatic rings. The Morgan fingerprint density at radius 2 is 1.71 bits per heavy atom. The van der Waals surface area contributed by atoms with Gasteiger partial charge in [0.25, 0.3) is 11.6 Å². The summed E-state index contributed by atoms with van der Waals surface area (Å²) in [7, 11) is -3.85. The lowest BCUT2D eigenvalue weighted by atomic mass is 10.1. The van der Waals surface area contributed by atoms with E-state index in [-0.39, 0.29) is 31.7 Å². The number of carbonyl (C=O) groups excluding carboxylic acids is 1. The third-order valence-corrected chi connectivity index (χ3v) is 6.05. The number of anilines is 1. The Bertz CT molecular complexity index is 1130. The van der Waals surface area contributed by atoms with E-state index in [2.05, 4.69) is 0 Å². The van der Waals surface area contributed by atoms with Crippen molar-refractivity contribution in [3.8, 4) is 0 Å². The molecular weight excluding hydrogens is 439 g/mol. The van der Waals surface area contributed by atoms with Crippen LogP contribution >= 0.6 is 0 Å². The number of carbonyl (C=O) groups is 1. The zero-order valence-electron chi connectivity index (χ0n) is 16.3. The minimum Gasteiger partial charge on any atom is -0.368 e. The number of halogens is 3. The second-order valence-electron chi connectivity index (χ2n) is 7.04. The van der Waals surface area contributed by atoms with E-state index < -0.39 is 43.0 Å². The summed E-state index contributed by atoms with van der Waals surface area (Å²) in [6.07, 6.45) is -3.62. The first-order chi connectivity index (χ1) is 14.4. The summed E-state index contributed by atoms with van der Waals surface area (Å²) >= 11 is 0. The van der Waals surface area contributed by atoms with Crippen LogP contribution in [0.2, 0.25) is 0 Å². The topological polar surface area (TPSA) is 101 Å². The Morgan fingerprint density at radius 3 is 2.26 bits per heavy atom. The zero-order valence-corrected chi connectivity index (χ0v) is 17.1. The number of rotatable bonds is 4. The van der Waals surface area contributed by atoms with Crippen LogP contribution in [0.4, 0.5) is 24.5 Å². The molecule has 0 unspecified atom stereocenters. The summed E-state index contributed by atoms with van der Waals surface area (Å²) in [4.78, 5) is 25.8. The van der Waals surface area contributed by atoms with Crippen LogP contribution in [0.25, 0.3) is 0 Å². The number of sulfone groups is 1. The second-order valence-corrected chi connectivity index (χ2v) is 9.02. The van der Waals surface area contributed by atoms with Crippen molar-refractivity contribution in [2.75, 3.05) is 37.3 Å². The van der Waals surface area contributed by atoms with Gasteiger partial charge in [-0.1, -0.05) is 6.07 Å². The van der Waals surface area contributed by atoms with E-state index in [0.29, 0.717) is 5.69 Å². The highest BCUT2D eigenvalue weighted by molar-refractivity contribution is 7.90. The lowest BCUT2D eigenvalue weighted by molar-refractivity contribution is -0.387. The first-order valence-corrected chi connectivity index (χ1v) is 11.0. The van der Waals surface area contributed by atoms with Gasteiger partial charge >= 0.3 is 6.18 Å². The molecule has 1 aliphatic heterocycles. The quantitative estimate of drug-likeness (QED) is 0.517. The number of amides is 1. The molecule has 1 fully saturated rings. The molecule has 2 aromatic carbocycles. The smallest absolute Gasteiger partial charge is 0.368 e. The SMILES string of the molecule is CS(=O)(=O)c1ccc(C(=O)N2CCN(c3cccc(C(F)(F)F)c3)CC2)cc1[N+](=O)[O-]. The summed E-state index contributed by atoms with van der Waals surface area (Å²) < 4.78 is 62.2. The van der Waals surface area contributed by atoms with Crippen molar-refractivity contribution >= 4 is 27.1 Å². The standard InChI is InChI=1S/C19H18F3N3O5S/c1-31(29,30)17-6-5-13(11-16(17)25(27)28)18(26)24-9-7-23(8-10-24)15-4-2-3-14(12-15)19(20,21)22/h2-6,11-12H,7-10H2,1H3. The van der Waals surface area contributed by atoms with Crippen LogP contribution < -0.4 is 4.90 Å². The van der Waals surface area contributed by atoms with Gasteiger partial charge in [-0.3, -0.25) is 14.9 Å². The lowest BCUT2D eigenvalue weighted by Gasteiger charge is -2.36. The van der Waals surface area contributed by atoms with Crippen LogP contribution in [-0.2, 0) is 16.0 Å². The van der Waals surface area contributed by atoms with Crippen molar-refractivity contribution in [3.05, 3.63) is 63.7 Å². The van der Waals surface area contributed by atoms with Gasteiger partial charge < -0.3 is 9.80 Å². The van der Waals surface area contributed by atoms with E-state index in [1.54, 1.807) is 11.0 Å². The maximum Gasteiger partial charge on any atom is 0.416 e. The Hall–Kier alpha value is -3.15. The van der Waals surface area contributed by atoms with E-state index >= 15 is 0 Å². The van der Waals surface area contributed by atoms with Crippen LogP contribution in [0.5, 0.6) is 0 Å². The van der Waals surface area contributed by atoms with Gasteiger partial charge in [0.15, 0.2) is 9.84 Å². The first kappa shape index (κ1) is 22.5. The third-order valence-electron chi connectivity index (χ3n) is 4.91. The van der Waals surface area contributed by atoms with Crippen LogP contribution in [0.15, 0.2) is 47.4 Å². The molecule has 1 amide bonds. The van der Waals surface area contributed by atoms with E-state index in [9.17, 15) is 36.5 Å². The molecular formula is C19H18F3N3O5S. The molecule has 0 saturated carbocycles. The highest BCUT2D eigenvalue weighted by Gasteiger charge is 2.32. The summed E-state index contributed by atoms with van der Waals surface area (Å²) in [6.45, 7) is 0.931. The summed E-state index contributed by atoms with van der Waals surface area (Å²) in [5.41, 5.74) is -1.10. The fourth-order valence-corrected chi connectivity index (χ4v) is 4.16. The van der Waals surface area contributed by atoms with E-state index in [1.165, 1.54) is 17.0 Å². The van der Waals surface area contributed by atoms with E-state index in [4.69, 9.17) is 0 Å².